The molecule has 6 heteroatoms. The molecule has 5 nitrogen and oxygen atoms in total. The van der Waals surface area contributed by atoms with Crippen LogP contribution in [-0.4, -0.2) is 15.9 Å². The largest absolute Gasteiger partial charge is 0.486 e. The summed E-state index contributed by atoms with van der Waals surface area (Å²) in [5.41, 5.74) is 5.84. The first-order valence-corrected chi connectivity index (χ1v) is 8.79. The zero-order chi connectivity index (χ0) is 17.5. The Morgan fingerprint density at radius 3 is 2.48 bits per heavy atom. The molecule has 1 heterocycles. The Balaban J connectivity index is 1.52. The molecule has 0 saturated carbocycles. The van der Waals surface area contributed by atoms with Gasteiger partial charge in [0.15, 0.2) is 5.01 Å². The fourth-order valence-electron chi connectivity index (χ4n) is 2.14. The van der Waals surface area contributed by atoms with Crippen molar-refractivity contribution in [2.75, 3.05) is 0 Å². The molecule has 1 aromatic heterocycles. The van der Waals surface area contributed by atoms with Crippen LogP contribution in [0.25, 0.3) is 0 Å². The van der Waals surface area contributed by atoms with Gasteiger partial charge < -0.3 is 9.57 Å². The van der Waals surface area contributed by atoms with Crippen molar-refractivity contribution >= 4 is 17.0 Å². The van der Waals surface area contributed by atoms with E-state index in [1.807, 2.05) is 43.3 Å². The van der Waals surface area contributed by atoms with Crippen molar-refractivity contribution in [1.29, 1.82) is 0 Å². The number of hydrogen-bond donors (Lipinski definition) is 0. The predicted octanol–water partition coefficient (Wildman–Crippen LogP) is 4.37. The molecule has 128 valence electrons. The maximum Gasteiger partial charge on any atom is 0.154 e. The Morgan fingerprint density at radius 2 is 1.80 bits per heavy atom. The minimum absolute atomic E-state index is 0.427. The van der Waals surface area contributed by atoms with Crippen LogP contribution in [0.2, 0.25) is 0 Å². The second kappa shape index (κ2) is 8.39. The average molecular weight is 353 g/mol. The quantitative estimate of drug-likeness (QED) is 0.468. The molecule has 0 unspecified atom stereocenters. The van der Waals surface area contributed by atoms with Crippen molar-refractivity contribution in [3.8, 4) is 5.75 Å². The summed E-state index contributed by atoms with van der Waals surface area (Å²) < 4.78 is 5.67. The van der Waals surface area contributed by atoms with Crippen LogP contribution < -0.4 is 4.74 Å². The number of ether oxygens (including phenoxy) is 1. The molecule has 0 aliphatic heterocycles. The van der Waals surface area contributed by atoms with Crippen LogP contribution >= 0.6 is 11.3 Å². The number of rotatable bonds is 7. The van der Waals surface area contributed by atoms with E-state index in [0.29, 0.717) is 13.2 Å². The van der Waals surface area contributed by atoms with Gasteiger partial charge in [-0.15, -0.1) is 21.5 Å². The zero-order valence-electron chi connectivity index (χ0n) is 14.2. The smallest absolute Gasteiger partial charge is 0.154 e. The SMILES string of the molecule is C/C(=N\OCc1ccc(C)cc1)c1ccc(OCc2nncs2)cc1. The van der Waals surface area contributed by atoms with E-state index in [-0.39, 0.29) is 0 Å². The van der Waals surface area contributed by atoms with E-state index >= 15 is 0 Å². The van der Waals surface area contributed by atoms with Crippen molar-refractivity contribution in [3.63, 3.8) is 0 Å². The third-order valence-corrected chi connectivity index (χ3v) is 4.26. The van der Waals surface area contributed by atoms with Gasteiger partial charge in [-0.05, 0) is 49.2 Å². The predicted molar refractivity (Wildman–Crippen MR) is 98.9 cm³/mol. The summed E-state index contributed by atoms with van der Waals surface area (Å²) in [7, 11) is 0. The molecule has 0 spiro atoms. The van der Waals surface area contributed by atoms with Crippen molar-refractivity contribution in [2.24, 2.45) is 5.16 Å². The van der Waals surface area contributed by atoms with Gasteiger partial charge in [-0.2, -0.15) is 0 Å². The highest BCUT2D eigenvalue weighted by molar-refractivity contribution is 7.09. The maximum atomic E-state index is 5.67. The number of hydrogen-bond acceptors (Lipinski definition) is 6. The van der Waals surface area contributed by atoms with Gasteiger partial charge in [0.2, 0.25) is 0 Å². The van der Waals surface area contributed by atoms with Gasteiger partial charge in [-0.1, -0.05) is 35.0 Å². The minimum atomic E-state index is 0.427. The second-order valence-electron chi connectivity index (χ2n) is 5.58. The van der Waals surface area contributed by atoms with E-state index in [9.17, 15) is 0 Å². The second-order valence-corrected chi connectivity index (χ2v) is 6.50. The lowest BCUT2D eigenvalue weighted by atomic mass is 10.1. The molecule has 0 radical (unpaired) electrons. The van der Waals surface area contributed by atoms with Crippen LogP contribution in [0, 0.1) is 6.92 Å². The summed E-state index contributed by atoms with van der Waals surface area (Å²) in [6, 6.07) is 16.0. The standard InChI is InChI=1S/C19H19N3O2S/c1-14-3-5-16(6-4-14)11-24-22-15(2)17-7-9-18(10-8-17)23-12-19-21-20-13-25-19/h3-10,13H,11-12H2,1-2H3/b22-15+. The summed E-state index contributed by atoms with van der Waals surface area (Å²) in [5, 5.41) is 12.8. The molecule has 3 rings (SSSR count). The molecular formula is C19H19N3O2S. The Labute approximate surface area is 150 Å². The van der Waals surface area contributed by atoms with E-state index in [1.165, 1.54) is 16.9 Å². The molecule has 0 aliphatic carbocycles. The molecule has 0 N–H and O–H groups in total. The highest BCUT2D eigenvalue weighted by Gasteiger charge is 2.02. The lowest BCUT2D eigenvalue weighted by Gasteiger charge is -2.06. The van der Waals surface area contributed by atoms with Crippen LogP contribution in [0.5, 0.6) is 5.75 Å². The fraction of sp³-hybridized carbons (Fsp3) is 0.211. The van der Waals surface area contributed by atoms with Crippen LogP contribution in [0.1, 0.15) is 28.6 Å². The van der Waals surface area contributed by atoms with Crippen LogP contribution in [0.3, 0.4) is 0 Å². The van der Waals surface area contributed by atoms with Gasteiger partial charge in [-0.25, -0.2) is 0 Å². The normalized spacial score (nSPS) is 11.4. The average Bonchev–Trinajstić information content (AvgIpc) is 3.15. The molecule has 0 bridgehead atoms. The molecule has 0 aliphatic rings. The van der Waals surface area contributed by atoms with E-state index in [0.717, 1.165) is 27.6 Å². The summed E-state index contributed by atoms with van der Waals surface area (Å²) >= 11 is 1.48. The highest BCUT2D eigenvalue weighted by Crippen LogP contribution is 2.15. The van der Waals surface area contributed by atoms with Gasteiger partial charge in [0.05, 0.1) is 5.71 Å². The lowest BCUT2D eigenvalue weighted by molar-refractivity contribution is 0.130. The molecule has 25 heavy (non-hydrogen) atoms. The van der Waals surface area contributed by atoms with Gasteiger partial charge in [0.25, 0.3) is 0 Å². The van der Waals surface area contributed by atoms with E-state index in [1.54, 1.807) is 5.51 Å². The first-order valence-electron chi connectivity index (χ1n) is 7.91. The topological polar surface area (TPSA) is 56.6 Å². The summed E-state index contributed by atoms with van der Waals surface area (Å²) in [4.78, 5) is 5.45. The third kappa shape index (κ3) is 5.12. The van der Waals surface area contributed by atoms with Gasteiger partial charge in [-0.3, -0.25) is 0 Å². The number of nitrogens with zero attached hydrogens (tertiary/aromatic N) is 3. The minimum Gasteiger partial charge on any atom is -0.486 e. The Kier molecular flexibility index (Phi) is 5.74. The van der Waals surface area contributed by atoms with E-state index in [4.69, 9.17) is 9.57 Å². The molecule has 0 amide bonds. The van der Waals surface area contributed by atoms with Crippen LogP contribution in [0.4, 0.5) is 0 Å². The monoisotopic (exact) mass is 353 g/mol. The first-order chi connectivity index (χ1) is 12.2. The van der Waals surface area contributed by atoms with Crippen molar-refractivity contribution in [3.05, 3.63) is 75.7 Å². The van der Waals surface area contributed by atoms with E-state index < -0.39 is 0 Å². The molecule has 0 fully saturated rings. The highest BCUT2D eigenvalue weighted by atomic mass is 32.1. The van der Waals surface area contributed by atoms with Gasteiger partial charge in [0, 0.05) is 0 Å². The number of aryl methyl sites for hydroxylation is 1. The van der Waals surface area contributed by atoms with Gasteiger partial charge in [0.1, 0.15) is 24.5 Å². The Hall–Kier alpha value is -2.73. The third-order valence-electron chi connectivity index (χ3n) is 3.59. The van der Waals surface area contributed by atoms with Crippen LogP contribution in [0.15, 0.2) is 59.2 Å². The molecule has 0 atom stereocenters. The molecule has 3 aromatic rings. The van der Waals surface area contributed by atoms with Crippen molar-refractivity contribution < 1.29 is 9.57 Å². The van der Waals surface area contributed by atoms with Crippen LogP contribution in [-0.2, 0) is 18.1 Å². The Morgan fingerprint density at radius 1 is 1.04 bits per heavy atom. The molecule has 2 aromatic carbocycles. The summed E-state index contributed by atoms with van der Waals surface area (Å²) in [6.07, 6.45) is 0. The number of benzene rings is 2. The maximum absolute atomic E-state index is 5.67. The van der Waals surface area contributed by atoms with Crippen molar-refractivity contribution in [1.82, 2.24) is 10.2 Å². The summed E-state index contributed by atoms with van der Waals surface area (Å²) in [6.45, 7) is 4.87. The number of aromatic nitrogens is 2. The van der Waals surface area contributed by atoms with Gasteiger partial charge >= 0.3 is 0 Å². The van der Waals surface area contributed by atoms with Crippen molar-refractivity contribution in [2.45, 2.75) is 27.1 Å². The molecular weight excluding hydrogens is 334 g/mol. The first kappa shape index (κ1) is 17.1. The lowest BCUT2D eigenvalue weighted by Crippen LogP contribution is -1.98. The Bertz CT molecular complexity index is 813. The molecule has 0 saturated heterocycles. The zero-order valence-corrected chi connectivity index (χ0v) is 15.0. The fourth-order valence-corrected chi connectivity index (χ4v) is 2.57. The number of oxime groups is 1. The van der Waals surface area contributed by atoms with E-state index in [2.05, 4.69) is 34.4 Å². The summed E-state index contributed by atoms with van der Waals surface area (Å²) in [5.74, 6) is 0.785.